The molecule has 0 aliphatic heterocycles. The van der Waals surface area contributed by atoms with Crippen molar-refractivity contribution >= 4 is 12.0 Å². The molecule has 5 nitrogen and oxygen atoms in total. The third-order valence-electron chi connectivity index (χ3n) is 2.71. The summed E-state index contributed by atoms with van der Waals surface area (Å²) in [6, 6.07) is 12.5. The van der Waals surface area contributed by atoms with Crippen LogP contribution < -0.4 is 4.74 Å². The molecule has 0 atom stereocenters. The van der Waals surface area contributed by atoms with Gasteiger partial charge in [-0.2, -0.15) is 0 Å². The number of carbonyl (C=O) groups excluding carboxylic acids is 1. The van der Waals surface area contributed by atoms with Crippen molar-refractivity contribution in [2.45, 2.75) is 0 Å². The van der Waals surface area contributed by atoms with E-state index in [4.69, 9.17) is 10.3 Å². The number of nitrogens with zero attached hydrogens (tertiary/aromatic N) is 3. The Balaban J connectivity index is 2.46. The van der Waals surface area contributed by atoms with E-state index in [1.54, 1.807) is 24.3 Å². The first kappa shape index (κ1) is 12.7. The van der Waals surface area contributed by atoms with Gasteiger partial charge in [0.1, 0.15) is 12.0 Å². The van der Waals surface area contributed by atoms with E-state index in [2.05, 4.69) is 10.0 Å². The van der Waals surface area contributed by atoms with Crippen LogP contribution in [0.3, 0.4) is 0 Å². The van der Waals surface area contributed by atoms with Gasteiger partial charge >= 0.3 is 0 Å². The third kappa shape index (κ3) is 2.73. The topological polar surface area (TPSA) is 75.1 Å². The summed E-state index contributed by atoms with van der Waals surface area (Å²) >= 11 is 0. The normalized spacial score (nSPS) is 9.53. The first-order chi connectivity index (χ1) is 9.28. The van der Waals surface area contributed by atoms with Crippen molar-refractivity contribution in [3.05, 3.63) is 58.5 Å². The number of aldehydes is 1. The van der Waals surface area contributed by atoms with Crippen molar-refractivity contribution in [1.29, 1.82) is 0 Å². The minimum atomic E-state index is 0.432. The summed E-state index contributed by atoms with van der Waals surface area (Å²) in [5.41, 5.74) is 11.4. The van der Waals surface area contributed by atoms with Gasteiger partial charge in [0, 0.05) is 10.5 Å². The van der Waals surface area contributed by atoms with Crippen molar-refractivity contribution in [3.63, 3.8) is 0 Å². The van der Waals surface area contributed by atoms with Crippen LogP contribution in [0.15, 0.2) is 47.6 Å². The van der Waals surface area contributed by atoms with Crippen LogP contribution in [0.5, 0.6) is 5.75 Å². The predicted octanol–water partition coefficient (Wildman–Crippen LogP) is 4.12. The summed E-state index contributed by atoms with van der Waals surface area (Å²) < 4.78 is 5.11. The zero-order valence-corrected chi connectivity index (χ0v) is 10.3. The largest absolute Gasteiger partial charge is 0.496 e. The number of hydrogen-bond donors (Lipinski definition) is 0. The first-order valence-electron chi connectivity index (χ1n) is 5.57. The molecule has 0 spiro atoms. The molecule has 0 radical (unpaired) electrons. The Morgan fingerprint density at radius 1 is 1.16 bits per heavy atom. The van der Waals surface area contributed by atoms with E-state index in [1.807, 2.05) is 18.2 Å². The van der Waals surface area contributed by atoms with Gasteiger partial charge in [0.25, 0.3) is 0 Å². The number of rotatable bonds is 4. The molecule has 2 aromatic rings. The van der Waals surface area contributed by atoms with Gasteiger partial charge in [0.05, 0.1) is 12.8 Å². The van der Waals surface area contributed by atoms with Crippen LogP contribution in [0.4, 0.5) is 5.69 Å². The van der Waals surface area contributed by atoms with Gasteiger partial charge in [-0.25, -0.2) is 0 Å². The molecule has 2 aromatic carbocycles. The first-order valence-corrected chi connectivity index (χ1v) is 5.57. The Hall–Kier alpha value is -2.78. The molecule has 2 rings (SSSR count). The van der Waals surface area contributed by atoms with E-state index in [1.165, 1.54) is 7.11 Å². The van der Waals surface area contributed by atoms with Crippen LogP contribution in [-0.4, -0.2) is 13.4 Å². The molecule has 0 aliphatic rings. The van der Waals surface area contributed by atoms with Gasteiger partial charge in [0.15, 0.2) is 0 Å². The number of hydrogen-bond acceptors (Lipinski definition) is 3. The van der Waals surface area contributed by atoms with Crippen LogP contribution in [0, 0.1) is 0 Å². The molecule has 19 heavy (non-hydrogen) atoms. The molecule has 5 heteroatoms. The molecule has 94 valence electrons. The van der Waals surface area contributed by atoms with Crippen molar-refractivity contribution in [2.24, 2.45) is 5.11 Å². The quantitative estimate of drug-likeness (QED) is 0.355. The fourth-order valence-electron chi connectivity index (χ4n) is 1.75. The zero-order valence-electron chi connectivity index (χ0n) is 10.3. The fraction of sp³-hybridized carbons (Fsp3) is 0.0714. The maximum atomic E-state index is 10.6. The van der Waals surface area contributed by atoms with E-state index in [9.17, 15) is 4.79 Å². The number of ether oxygens (including phenoxy) is 1. The van der Waals surface area contributed by atoms with Crippen LogP contribution >= 0.6 is 0 Å². The second-order valence-corrected chi connectivity index (χ2v) is 3.82. The molecule has 0 bridgehead atoms. The van der Waals surface area contributed by atoms with Crippen LogP contribution in [0.25, 0.3) is 21.6 Å². The minimum absolute atomic E-state index is 0.432. The number of carbonyl (C=O) groups is 1. The van der Waals surface area contributed by atoms with Crippen LogP contribution in [0.1, 0.15) is 10.4 Å². The average molecular weight is 253 g/mol. The van der Waals surface area contributed by atoms with Gasteiger partial charge < -0.3 is 4.74 Å². The van der Waals surface area contributed by atoms with Gasteiger partial charge in [-0.05, 0) is 28.8 Å². The highest BCUT2D eigenvalue weighted by atomic mass is 16.5. The summed E-state index contributed by atoms with van der Waals surface area (Å²) in [5, 5.41) is 3.60. The smallest absolute Gasteiger partial charge is 0.150 e. The Kier molecular flexibility index (Phi) is 3.81. The van der Waals surface area contributed by atoms with Gasteiger partial charge in [-0.3, -0.25) is 4.79 Å². The maximum absolute atomic E-state index is 10.6. The molecule has 0 saturated heterocycles. The lowest BCUT2D eigenvalue weighted by atomic mass is 10.0. The lowest BCUT2D eigenvalue weighted by Crippen LogP contribution is -1.85. The van der Waals surface area contributed by atoms with Crippen molar-refractivity contribution in [3.8, 4) is 16.9 Å². The summed E-state index contributed by atoms with van der Waals surface area (Å²) in [6.07, 6.45) is 0.795. The van der Waals surface area contributed by atoms with Crippen LogP contribution in [-0.2, 0) is 0 Å². The molecular formula is C14H11N3O2. The molecule has 0 fully saturated rings. The highest BCUT2D eigenvalue weighted by Crippen LogP contribution is 2.32. The summed E-state index contributed by atoms with van der Waals surface area (Å²) in [5.74, 6) is 0.520. The standard InChI is InChI=1S/C14H11N3O2/c1-19-14-7-6-12(8-13(14)16-17-15)11-4-2-10(9-18)3-5-11/h2-9H,1H3. The molecule has 0 unspecified atom stereocenters. The SMILES string of the molecule is COc1ccc(-c2ccc(C=O)cc2)cc1N=[N+]=[N-]. The number of benzene rings is 2. The van der Waals surface area contributed by atoms with E-state index < -0.39 is 0 Å². The van der Waals surface area contributed by atoms with E-state index in [0.717, 1.165) is 17.4 Å². The Bertz CT molecular complexity index is 644. The second kappa shape index (κ2) is 5.71. The maximum Gasteiger partial charge on any atom is 0.150 e. The average Bonchev–Trinajstić information content (AvgIpc) is 2.47. The number of methoxy groups -OCH3 is 1. The lowest BCUT2D eigenvalue weighted by Gasteiger charge is -2.07. The molecule has 0 saturated carbocycles. The second-order valence-electron chi connectivity index (χ2n) is 3.82. The van der Waals surface area contributed by atoms with Gasteiger partial charge in [-0.1, -0.05) is 35.4 Å². The minimum Gasteiger partial charge on any atom is -0.496 e. The van der Waals surface area contributed by atoms with Crippen molar-refractivity contribution in [2.75, 3.05) is 7.11 Å². The van der Waals surface area contributed by atoms with Gasteiger partial charge in [-0.15, -0.1) is 0 Å². The Morgan fingerprint density at radius 3 is 2.42 bits per heavy atom. The molecule has 0 N–H and O–H groups in total. The molecule has 0 aromatic heterocycles. The molecule has 0 aliphatic carbocycles. The highest BCUT2D eigenvalue weighted by Gasteiger charge is 2.04. The molecule has 0 amide bonds. The Labute approximate surface area is 110 Å². The summed E-state index contributed by atoms with van der Waals surface area (Å²) in [6.45, 7) is 0. The van der Waals surface area contributed by atoms with E-state index in [0.29, 0.717) is 17.0 Å². The monoisotopic (exact) mass is 253 g/mol. The van der Waals surface area contributed by atoms with E-state index in [-0.39, 0.29) is 0 Å². The third-order valence-corrected chi connectivity index (χ3v) is 2.71. The van der Waals surface area contributed by atoms with Crippen LogP contribution in [0.2, 0.25) is 0 Å². The highest BCUT2D eigenvalue weighted by molar-refractivity contribution is 5.77. The van der Waals surface area contributed by atoms with E-state index >= 15 is 0 Å². The summed E-state index contributed by atoms with van der Waals surface area (Å²) in [4.78, 5) is 13.4. The predicted molar refractivity (Wildman–Crippen MR) is 72.6 cm³/mol. The molecule has 0 heterocycles. The van der Waals surface area contributed by atoms with Crippen molar-refractivity contribution < 1.29 is 9.53 Å². The van der Waals surface area contributed by atoms with Crippen molar-refractivity contribution in [1.82, 2.24) is 0 Å². The molecular weight excluding hydrogens is 242 g/mol. The summed E-state index contributed by atoms with van der Waals surface area (Å²) in [7, 11) is 1.52. The zero-order chi connectivity index (χ0) is 13.7. The van der Waals surface area contributed by atoms with Gasteiger partial charge in [0.2, 0.25) is 0 Å². The Morgan fingerprint density at radius 2 is 1.84 bits per heavy atom. The fourth-order valence-corrected chi connectivity index (χ4v) is 1.75. The number of azide groups is 1. The lowest BCUT2D eigenvalue weighted by molar-refractivity contribution is 0.112.